The smallest absolute Gasteiger partial charge is 0.354 e. The van der Waals surface area contributed by atoms with Gasteiger partial charge in [-0.25, -0.2) is 4.98 Å². The standard InChI is InChI=1S/C17H20F3N5O/c18-17(19,20)12-25-5-1-2-14(16(25)26)23-6-8-24(9-7-23)15-4-3-13(10-21)11-22-15/h3-4,11,14H,1-2,5-9,12H2/t14-/m0/s1. The van der Waals surface area contributed by atoms with E-state index in [-0.39, 0.29) is 6.54 Å². The lowest BCUT2D eigenvalue weighted by atomic mass is 10.0. The van der Waals surface area contributed by atoms with E-state index in [1.807, 2.05) is 11.0 Å². The van der Waals surface area contributed by atoms with E-state index in [2.05, 4.69) is 9.88 Å². The number of alkyl halides is 3. The Kier molecular flexibility index (Phi) is 5.32. The van der Waals surface area contributed by atoms with Crippen molar-refractivity contribution >= 4 is 11.7 Å². The summed E-state index contributed by atoms with van der Waals surface area (Å²) in [5.41, 5.74) is 0.491. The number of carbonyl (C=O) groups is 1. The summed E-state index contributed by atoms with van der Waals surface area (Å²) in [5.74, 6) is 0.343. The normalized spacial score (nSPS) is 22.4. The van der Waals surface area contributed by atoms with Crippen molar-refractivity contribution in [2.45, 2.75) is 25.1 Å². The third-order valence-corrected chi connectivity index (χ3v) is 4.83. The van der Waals surface area contributed by atoms with Crippen LogP contribution in [0.2, 0.25) is 0 Å². The second-order valence-corrected chi connectivity index (χ2v) is 6.57. The minimum Gasteiger partial charge on any atom is -0.354 e. The Balaban J connectivity index is 1.58. The Morgan fingerprint density at radius 2 is 1.92 bits per heavy atom. The van der Waals surface area contributed by atoms with E-state index < -0.39 is 24.7 Å². The van der Waals surface area contributed by atoms with E-state index in [9.17, 15) is 18.0 Å². The number of likely N-dealkylation sites (tertiary alicyclic amines) is 1. The molecule has 3 rings (SSSR count). The lowest BCUT2D eigenvalue weighted by Gasteiger charge is -2.42. The van der Waals surface area contributed by atoms with Crippen LogP contribution < -0.4 is 4.90 Å². The van der Waals surface area contributed by atoms with E-state index in [1.54, 1.807) is 12.1 Å². The highest BCUT2D eigenvalue weighted by Gasteiger charge is 2.39. The van der Waals surface area contributed by atoms with Crippen LogP contribution in [0.25, 0.3) is 0 Å². The molecule has 0 radical (unpaired) electrons. The molecule has 1 atom stereocenters. The van der Waals surface area contributed by atoms with Crippen molar-refractivity contribution in [3.8, 4) is 6.07 Å². The molecule has 0 bridgehead atoms. The predicted molar refractivity (Wildman–Crippen MR) is 88.4 cm³/mol. The number of anilines is 1. The second kappa shape index (κ2) is 7.50. The molecule has 140 valence electrons. The molecular formula is C17H20F3N5O. The molecule has 0 aromatic carbocycles. The van der Waals surface area contributed by atoms with Crippen molar-refractivity contribution in [3.63, 3.8) is 0 Å². The molecule has 1 aromatic heterocycles. The van der Waals surface area contributed by atoms with Gasteiger partial charge in [-0.1, -0.05) is 0 Å². The van der Waals surface area contributed by atoms with Gasteiger partial charge in [0.1, 0.15) is 18.4 Å². The minimum absolute atomic E-state index is 0.171. The fraction of sp³-hybridized carbons (Fsp3) is 0.588. The first-order chi connectivity index (χ1) is 12.4. The second-order valence-electron chi connectivity index (χ2n) is 6.57. The van der Waals surface area contributed by atoms with E-state index in [1.165, 1.54) is 6.20 Å². The summed E-state index contributed by atoms with van der Waals surface area (Å²) in [5, 5.41) is 8.82. The summed E-state index contributed by atoms with van der Waals surface area (Å²) in [4.78, 5) is 21.7. The van der Waals surface area contributed by atoms with Crippen molar-refractivity contribution in [2.75, 3.05) is 44.2 Å². The number of halogens is 3. The topological polar surface area (TPSA) is 63.5 Å². The first kappa shape index (κ1) is 18.5. The van der Waals surface area contributed by atoms with Gasteiger partial charge in [-0.3, -0.25) is 9.69 Å². The van der Waals surface area contributed by atoms with E-state index >= 15 is 0 Å². The van der Waals surface area contributed by atoms with Crippen LogP contribution in [0.3, 0.4) is 0 Å². The van der Waals surface area contributed by atoms with Crippen molar-refractivity contribution in [3.05, 3.63) is 23.9 Å². The number of rotatable bonds is 3. The van der Waals surface area contributed by atoms with Crippen LogP contribution in [0, 0.1) is 11.3 Å². The molecule has 1 aromatic rings. The Morgan fingerprint density at radius 3 is 2.50 bits per heavy atom. The van der Waals surface area contributed by atoms with Crippen LogP contribution in [0.4, 0.5) is 19.0 Å². The Labute approximate surface area is 149 Å². The summed E-state index contributed by atoms with van der Waals surface area (Å²) < 4.78 is 37.9. The Hall–Kier alpha value is -2.34. The number of hydrogen-bond donors (Lipinski definition) is 0. The van der Waals surface area contributed by atoms with Crippen molar-refractivity contribution in [1.82, 2.24) is 14.8 Å². The van der Waals surface area contributed by atoms with Gasteiger partial charge in [0, 0.05) is 38.9 Å². The van der Waals surface area contributed by atoms with Gasteiger partial charge in [-0.2, -0.15) is 18.4 Å². The molecule has 2 saturated heterocycles. The molecule has 0 N–H and O–H groups in total. The number of hydrogen-bond acceptors (Lipinski definition) is 5. The lowest BCUT2D eigenvalue weighted by Crippen LogP contribution is -2.58. The van der Waals surface area contributed by atoms with Crippen LogP contribution >= 0.6 is 0 Å². The van der Waals surface area contributed by atoms with Gasteiger partial charge in [0.2, 0.25) is 5.91 Å². The SMILES string of the molecule is N#Cc1ccc(N2CCN([C@H]3CCCN(CC(F)(F)F)C3=O)CC2)nc1. The van der Waals surface area contributed by atoms with Crippen LogP contribution in [-0.2, 0) is 4.79 Å². The number of piperidine rings is 1. The third-order valence-electron chi connectivity index (χ3n) is 4.83. The number of carbonyl (C=O) groups excluding carboxylic acids is 1. The van der Waals surface area contributed by atoms with Gasteiger partial charge < -0.3 is 9.80 Å². The van der Waals surface area contributed by atoms with Crippen LogP contribution in [0.5, 0.6) is 0 Å². The van der Waals surface area contributed by atoms with Gasteiger partial charge in [0.25, 0.3) is 0 Å². The molecule has 0 saturated carbocycles. The first-order valence-electron chi connectivity index (χ1n) is 8.58. The zero-order chi connectivity index (χ0) is 18.7. The predicted octanol–water partition coefficient (Wildman–Crippen LogP) is 1.63. The maximum atomic E-state index is 12.6. The van der Waals surface area contributed by atoms with Crippen molar-refractivity contribution in [1.29, 1.82) is 5.26 Å². The summed E-state index contributed by atoms with van der Waals surface area (Å²) in [7, 11) is 0. The monoisotopic (exact) mass is 367 g/mol. The average Bonchev–Trinajstić information content (AvgIpc) is 2.63. The van der Waals surface area contributed by atoms with Gasteiger partial charge in [0.15, 0.2) is 0 Å². The highest BCUT2D eigenvalue weighted by Crippen LogP contribution is 2.24. The van der Waals surface area contributed by atoms with E-state index in [0.29, 0.717) is 44.6 Å². The maximum Gasteiger partial charge on any atom is 0.406 e. The summed E-state index contributed by atoms with van der Waals surface area (Å²) in [6.07, 6.45) is -1.66. The van der Waals surface area contributed by atoms with E-state index in [4.69, 9.17) is 5.26 Å². The molecule has 0 aliphatic carbocycles. The van der Waals surface area contributed by atoms with Crippen LogP contribution in [0.1, 0.15) is 18.4 Å². The molecule has 26 heavy (non-hydrogen) atoms. The largest absolute Gasteiger partial charge is 0.406 e. The molecule has 2 aliphatic rings. The number of piperazine rings is 1. The number of amides is 1. The molecule has 9 heteroatoms. The summed E-state index contributed by atoms with van der Waals surface area (Å²) in [6.45, 7) is 1.47. The van der Waals surface area contributed by atoms with E-state index in [0.717, 1.165) is 10.7 Å². The Bertz CT molecular complexity index is 677. The fourth-order valence-electron chi connectivity index (χ4n) is 3.53. The zero-order valence-corrected chi connectivity index (χ0v) is 14.2. The molecule has 2 aliphatic heterocycles. The van der Waals surface area contributed by atoms with Crippen LogP contribution in [-0.4, -0.2) is 72.2 Å². The number of pyridine rings is 1. The third kappa shape index (κ3) is 4.25. The first-order valence-corrected chi connectivity index (χ1v) is 8.58. The van der Waals surface area contributed by atoms with Crippen molar-refractivity contribution < 1.29 is 18.0 Å². The van der Waals surface area contributed by atoms with Gasteiger partial charge >= 0.3 is 6.18 Å². The highest BCUT2D eigenvalue weighted by atomic mass is 19.4. The molecule has 0 spiro atoms. The van der Waals surface area contributed by atoms with Gasteiger partial charge in [-0.05, 0) is 25.0 Å². The molecule has 1 amide bonds. The molecule has 0 unspecified atom stereocenters. The zero-order valence-electron chi connectivity index (χ0n) is 14.2. The number of nitriles is 1. The lowest BCUT2D eigenvalue weighted by molar-refractivity contribution is -0.167. The fourth-order valence-corrected chi connectivity index (χ4v) is 3.53. The molecular weight excluding hydrogens is 347 g/mol. The quantitative estimate of drug-likeness (QED) is 0.813. The van der Waals surface area contributed by atoms with Gasteiger partial charge in [0.05, 0.1) is 11.6 Å². The summed E-state index contributed by atoms with van der Waals surface area (Å²) >= 11 is 0. The molecule has 2 fully saturated rings. The summed E-state index contributed by atoms with van der Waals surface area (Å²) in [6, 6.07) is 5.04. The number of nitrogens with zero attached hydrogens (tertiary/aromatic N) is 5. The highest BCUT2D eigenvalue weighted by molar-refractivity contribution is 5.82. The molecule has 3 heterocycles. The average molecular weight is 367 g/mol. The van der Waals surface area contributed by atoms with Crippen molar-refractivity contribution in [2.24, 2.45) is 0 Å². The van der Waals surface area contributed by atoms with Crippen LogP contribution in [0.15, 0.2) is 18.3 Å². The minimum atomic E-state index is -4.36. The molecule has 6 nitrogen and oxygen atoms in total. The Morgan fingerprint density at radius 1 is 1.19 bits per heavy atom. The maximum absolute atomic E-state index is 12.6. The van der Waals surface area contributed by atoms with Gasteiger partial charge in [-0.15, -0.1) is 0 Å². The number of aromatic nitrogens is 1.